The van der Waals surface area contributed by atoms with Crippen molar-refractivity contribution in [2.45, 2.75) is 87.6 Å². The van der Waals surface area contributed by atoms with Crippen LogP contribution in [0.15, 0.2) is 24.3 Å². The number of benzene rings is 1. The number of aliphatic hydroxyl groups is 1. The maximum Gasteiger partial charge on any atom is 0.318 e. The normalized spacial score (nSPS) is 41.5. The van der Waals surface area contributed by atoms with Gasteiger partial charge in [-0.1, -0.05) is 0 Å². The van der Waals surface area contributed by atoms with Crippen LogP contribution in [0.4, 0.5) is 4.79 Å². The maximum atomic E-state index is 13.4. The Morgan fingerprint density at radius 3 is 2.19 bits per heavy atom. The van der Waals surface area contributed by atoms with Crippen molar-refractivity contribution >= 4 is 11.9 Å². The largest absolute Gasteiger partial charge is 0.490 e. The van der Waals surface area contributed by atoms with Crippen LogP contribution in [0.25, 0.3) is 0 Å². The minimum Gasteiger partial charge on any atom is -0.490 e. The van der Waals surface area contributed by atoms with Gasteiger partial charge in [-0.15, -0.1) is 0 Å². The fraction of sp³-hybridized carbons (Fsp3) is 0.680. The third-order valence-corrected chi connectivity index (χ3v) is 8.90. The summed E-state index contributed by atoms with van der Waals surface area (Å²) in [7, 11) is 0. The summed E-state index contributed by atoms with van der Waals surface area (Å²) in [4.78, 5) is 26.7. The number of nitrogens with two attached hydrogens (primary N) is 1. The Bertz CT molecular complexity index is 888. The van der Waals surface area contributed by atoms with Gasteiger partial charge in [0, 0.05) is 36.5 Å². The molecule has 2 aliphatic heterocycles. The van der Waals surface area contributed by atoms with E-state index in [4.69, 9.17) is 10.5 Å². The molecular weight excluding hydrogens is 406 g/mol. The number of piperidine rings is 1. The van der Waals surface area contributed by atoms with Crippen molar-refractivity contribution < 1.29 is 19.4 Å². The number of rotatable bonds is 4. The van der Waals surface area contributed by atoms with Crippen LogP contribution in [0.1, 0.15) is 68.1 Å². The fourth-order valence-corrected chi connectivity index (χ4v) is 7.88. The summed E-state index contributed by atoms with van der Waals surface area (Å²) in [6.45, 7) is 0. The lowest BCUT2D eigenvalue weighted by Crippen LogP contribution is -2.64. The van der Waals surface area contributed by atoms with Gasteiger partial charge in [0.25, 0.3) is 0 Å². The summed E-state index contributed by atoms with van der Waals surface area (Å²) in [5, 5.41) is 14.3. The number of urea groups is 1. The average molecular weight is 440 g/mol. The highest BCUT2D eigenvalue weighted by atomic mass is 16.5. The zero-order chi connectivity index (χ0) is 22.0. The molecule has 4 saturated carbocycles. The van der Waals surface area contributed by atoms with Gasteiger partial charge in [0.15, 0.2) is 0 Å². The molecule has 6 aliphatic rings. The average Bonchev–Trinajstić information content (AvgIpc) is 3.00. The van der Waals surface area contributed by atoms with E-state index < -0.39 is 11.5 Å². The van der Waals surface area contributed by atoms with Crippen molar-refractivity contribution in [1.82, 2.24) is 10.2 Å². The molecule has 4 unspecified atom stereocenters. The van der Waals surface area contributed by atoms with E-state index >= 15 is 0 Å². The molecule has 0 aromatic heterocycles. The van der Waals surface area contributed by atoms with Crippen LogP contribution in [0.3, 0.4) is 0 Å². The van der Waals surface area contributed by atoms with E-state index in [2.05, 4.69) is 10.2 Å². The van der Waals surface area contributed by atoms with Gasteiger partial charge >= 0.3 is 6.03 Å². The third kappa shape index (κ3) is 3.45. The molecular formula is C25H33N3O4. The number of nitrogens with zero attached hydrogens (tertiary/aromatic N) is 1. The van der Waals surface area contributed by atoms with Crippen molar-refractivity contribution in [2.24, 2.45) is 23.5 Å². The molecule has 7 rings (SSSR count). The summed E-state index contributed by atoms with van der Waals surface area (Å²) in [6.07, 6.45) is 8.76. The van der Waals surface area contributed by atoms with E-state index in [9.17, 15) is 14.7 Å². The second-order valence-electron chi connectivity index (χ2n) is 11.1. The molecule has 7 nitrogen and oxygen atoms in total. The van der Waals surface area contributed by atoms with Gasteiger partial charge in [-0.3, -0.25) is 4.79 Å². The molecule has 2 saturated heterocycles. The third-order valence-electron chi connectivity index (χ3n) is 8.90. The molecule has 4 atom stereocenters. The lowest BCUT2D eigenvalue weighted by atomic mass is 9.52. The molecule has 0 radical (unpaired) electrons. The first-order valence-electron chi connectivity index (χ1n) is 12.2. The summed E-state index contributed by atoms with van der Waals surface area (Å²) >= 11 is 0. The smallest absolute Gasteiger partial charge is 0.318 e. The first-order valence-corrected chi connectivity index (χ1v) is 12.2. The Morgan fingerprint density at radius 2 is 1.62 bits per heavy atom. The van der Waals surface area contributed by atoms with E-state index in [1.165, 1.54) is 0 Å². The molecule has 1 aromatic rings. The van der Waals surface area contributed by atoms with Gasteiger partial charge in [-0.25, -0.2) is 4.79 Å². The standard InChI is InChI=1S/C25H33N3O4/c26-23(29)15-1-5-20(6-2-15)32-21-9-18-3-4-19(10-21)28(18)24(30)27-22-16-7-14-8-17(22)13-25(31,11-14)12-16/h1-2,5-6,14,16-19,21-22,31H,3-4,7-13H2,(H2,26,29)(H,27,30). The predicted molar refractivity (Wildman–Crippen MR) is 118 cm³/mol. The Hall–Kier alpha value is -2.28. The molecule has 4 aliphatic carbocycles. The first-order chi connectivity index (χ1) is 15.4. The van der Waals surface area contributed by atoms with E-state index in [1.807, 2.05) is 0 Å². The number of carbonyl (C=O) groups is 2. The number of ether oxygens (including phenoxy) is 1. The van der Waals surface area contributed by atoms with Crippen molar-refractivity contribution in [3.05, 3.63) is 29.8 Å². The van der Waals surface area contributed by atoms with Crippen LogP contribution in [0.5, 0.6) is 5.75 Å². The minimum absolute atomic E-state index is 0.0754. The number of primary amides is 1. The van der Waals surface area contributed by atoms with Crippen LogP contribution >= 0.6 is 0 Å². The molecule has 172 valence electrons. The molecule has 2 heterocycles. The Kier molecular flexibility index (Phi) is 4.68. The lowest BCUT2D eigenvalue weighted by Gasteiger charge is -2.58. The molecule has 32 heavy (non-hydrogen) atoms. The van der Waals surface area contributed by atoms with Crippen LogP contribution in [-0.4, -0.2) is 51.8 Å². The van der Waals surface area contributed by atoms with Crippen LogP contribution in [-0.2, 0) is 0 Å². The summed E-state index contributed by atoms with van der Waals surface area (Å²) in [6, 6.07) is 7.70. The van der Waals surface area contributed by atoms with Crippen LogP contribution in [0, 0.1) is 17.8 Å². The van der Waals surface area contributed by atoms with Crippen molar-refractivity contribution in [2.75, 3.05) is 0 Å². The SMILES string of the molecule is NC(=O)c1ccc(OC2CC3CCC(C2)N3C(=O)NC2C3CC4CC2CC(O)(C4)C3)cc1. The van der Waals surface area contributed by atoms with Gasteiger partial charge < -0.3 is 25.8 Å². The quantitative estimate of drug-likeness (QED) is 0.671. The summed E-state index contributed by atoms with van der Waals surface area (Å²) in [5.74, 6) is 1.80. The lowest BCUT2D eigenvalue weighted by molar-refractivity contribution is -0.137. The summed E-state index contributed by atoms with van der Waals surface area (Å²) < 4.78 is 6.20. The summed E-state index contributed by atoms with van der Waals surface area (Å²) in [5.41, 5.74) is 5.32. The van der Waals surface area contributed by atoms with Gasteiger partial charge in [-0.2, -0.15) is 0 Å². The molecule has 3 amide bonds. The molecule has 7 heteroatoms. The van der Waals surface area contributed by atoms with E-state index in [-0.39, 0.29) is 30.3 Å². The van der Waals surface area contributed by atoms with Crippen LogP contribution in [0.2, 0.25) is 0 Å². The minimum atomic E-state index is -0.470. The number of carbonyl (C=O) groups excluding carboxylic acids is 2. The van der Waals surface area contributed by atoms with E-state index in [0.29, 0.717) is 23.3 Å². The van der Waals surface area contributed by atoms with Gasteiger partial charge in [0.2, 0.25) is 5.91 Å². The molecule has 1 aromatic carbocycles. The molecule has 6 bridgehead atoms. The Labute approximate surface area is 188 Å². The number of nitrogens with one attached hydrogen (secondary N) is 1. The van der Waals surface area contributed by atoms with Crippen LogP contribution < -0.4 is 15.8 Å². The zero-order valence-corrected chi connectivity index (χ0v) is 18.4. The van der Waals surface area contributed by atoms with Gasteiger partial charge in [0.05, 0.1) is 5.60 Å². The number of hydrogen-bond donors (Lipinski definition) is 3. The topological polar surface area (TPSA) is 105 Å². The maximum absolute atomic E-state index is 13.4. The van der Waals surface area contributed by atoms with E-state index in [1.54, 1.807) is 24.3 Å². The zero-order valence-electron chi connectivity index (χ0n) is 18.4. The number of amides is 3. The number of hydrogen-bond acceptors (Lipinski definition) is 4. The Balaban J connectivity index is 1.08. The van der Waals surface area contributed by atoms with Gasteiger partial charge in [0.1, 0.15) is 11.9 Å². The highest BCUT2D eigenvalue weighted by Crippen LogP contribution is 2.55. The Morgan fingerprint density at radius 1 is 1.00 bits per heavy atom. The second-order valence-corrected chi connectivity index (χ2v) is 11.1. The monoisotopic (exact) mass is 439 g/mol. The van der Waals surface area contributed by atoms with Crippen molar-refractivity contribution in [3.8, 4) is 5.75 Å². The highest BCUT2D eigenvalue weighted by Gasteiger charge is 2.55. The first kappa shape index (κ1) is 20.3. The fourth-order valence-electron chi connectivity index (χ4n) is 7.88. The van der Waals surface area contributed by atoms with Gasteiger partial charge in [-0.05, 0) is 87.0 Å². The van der Waals surface area contributed by atoms with E-state index in [0.717, 1.165) is 63.5 Å². The molecule has 6 fully saturated rings. The molecule has 4 N–H and O–H groups in total. The van der Waals surface area contributed by atoms with Crippen molar-refractivity contribution in [3.63, 3.8) is 0 Å². The predicted octanol–water partition coefficient (Wildman–Crippen LogP) is 2.81. The van der Waals surface area contributed by atoms with Crippen molar-refractivity contribution in [1.29, 1.82) is 0 Å². The molecule has 0 spiro atoms. The highest BCUT2D eigenvalue weighted by molar-refractivity contribution is 5.92. The second kappa shape index (κ2) is 7.37. The number of fused-ring (bicyclic) bond motifs is 2.